The van der Waals surface area contributed by atoms with Gasteiger partial charge in [0.05, 0.1) is 0 Å². The van der Waals surface area contributed by atoms with E-state index in [0.717, 1.165) is 17.1 Å². The summed E-state index contributed by atoms with van der Waals surface area (Å²) >= 11 is 1.64. The molecule has 0 aliphatic carbocycles. The highest BCUT2D eigenvalue weighted by atomic mass is 32.2. The van der Waals surface area contributed by atoms with Crippen LogP contribution in [0, 0.1) is 5.92 Å². The van der Waals surface area contributed by atoms with Gasteiger partial charge in [0.25, 0.3) is 0 Å². The van der Waals surface area contributed by atoms with Gasteiger partial charge in [0.2, 0.25) is 5.91 Å². The van der Waals surface area contributed by atoms with Gasteiger partial charge in [-0.1, -0.05) is 31.5 Å². The Morgan fingerprint density at radius 1 is 1.30 bits per heavy atom. The number of hydrogen-bond donors (Lipinski definition) is 2. The van der Waals surface area contributed by atoms with Crippen molar-refractivity contribution in [2.45, 2.75) is 31.1 Å². The van der Waals surface area contributed by atoms with E-state index in [2.05, 4.69) is 5.32 Å². The van der Waals surface area contributed by atoms with E-state index in [9.17, 15) is 9.59 Å². The summed E-state index contributed by atoms with van der Waals surface area (Å²) in [7, 11) is 0. The molecule has 1 rings (SSSR count). The summed E-state index contributed by atoms with van der Waals surface area (Å²) in [5.41, 5.74) is 0. The fraction of sp³-hybridized carbons (Fsp3) is 0.467. The third kappa shape index (κ3) is 7.19. The summed E-state index contributed by atoms with van der Waals surface area (Å²) in [6, 6.07) is 9.94. The number of benzene rings is 1. The van der Waals surface area contributed by atoms with Crippen LogP contribution in [0.3, 0.4) is 0 Å². The van der Waals surface area contributed by atoms with Crippen molar-refractivity contribution >= 4 is 23.6 Å². The molecular formula is C15H21NO3S. The van der Waals surface area contributed by atoms with Crippen LogP contribution in [0.5, 0.6) is 0 Å². The van der Waals surface area contributed by atoms with Crippen molar-refractivity contribution in [2.24, 2.45) is 5.92 Å². The number of carboxylic acids is 1. The molecule has 0 aromatic heterocycles. The molecular weight excluding hydrogens is 274 g/mol. The normalized spacial score (nSPS) is 11.8. The van der Waals surface area contributed by atoms with Crippen LogP contribution in [0.1, 0.15) is 26.2 Å². The van der Waals surface area contributed by atoms with Crippen LogP contribution in [0.15, 0.2) is 35.2 Å². The van der Waals surface area contributed by atoms with Crippen molar-refractivity contribution in [1.29, 1.82) is 0 Å². The van der Waals surface area contributed by atoms with Crippen LogP contribution in [-0.2, 0) is 9.59 Å². The summed E-state index contributed by atoms with van der Waals surface area (Å²) in [4.78, 5) is 23.4. The van der Waals surface area contributed by atoms with E-state index < -0.39 is 5.97 Å². The Kier molecular flexibility index (Phi) is 7.80. The van der Waals surface area contributed by atoms with E-state index in [4.69, 9.17) is 5.11 Å². The Balaban J connectivity index is 2.18. The Bertz CT molecular complexity index is 422. The zero-order valence-electron chi connectivity index (χ0n) is 11.7. The van der Waals surface area contributed by atoms with Crippen LogP contribution < -0.4 is 5.32 Å². The zero-order valence-corrected chi connectivity index (χ0v) is 12.5. The van der Waals surface area contributed by atoms with Crippen molar-refractivity contribution in [3.63, 3.8) is 0 Å². The summed E-state index contributed by atoms with van der Waals surface area (Å²) in [6.07, 6.45) is 1.31. The third-order valence-corrected chi connectivity index (χ3v) is 3.98. The highest BCUT2D eigenvalue weighted by molar-refractivity contribution is 7.99. The smallest absolute Gasteiger partial charge is 0.303 e. The number of carbonyl (C=O) groups is 2. The molecule has 0 saturated carbocycles. The first-order chi connectivity index (χ1) is 9.61. The number of amides is 1. The van der Waals surface area contributed by atoms with Crippen LogP contribution in [-0.4, -0.2) is 29.3 Å². The maximum atomic E-state index is 11.7. The van der Waals surface area contributed by atoms with E-state index in [1.165, 1.54) is 0 Å². The average Bonchev–Trinajstić information content (AvgIpc) is 2.44. The molecule has 1 aromatic carbocycles. The Labute approximate surface area is 124 Å². The van der Waals surface area contributed by atoms with Gasteiger partial charge in [0.15, 0.2) is 0 Å². The number of hydrogen-bond acceptors (Lipinski definition) is 3. The van der Waals surface area contributed by atoms with Crippen LogP contribution in [0.2, 0.25) is 0 Å². The van der Waals surface area contributed by atoms with E-state index in [-0.39, 0.29) is 18.2 Å². The number of carbonyl (C=O) groups excluding carboxylic acids is 1. The molecule has 0 spiro atoms. The molecule has 0 radical (unpaired) electrons. The van der Waals surface area contributed by atoms with Crippen molar-refractivity contribution in [1.82, 2.24) is 5.32 Å². The topological polar surface area (TPSA) is 66.4 Å². The monoisotopic (exact) mass is 295 g/mol. The first kappa shape index (κ1) is 16.6. The van der Waals surface area contributed by atoms with Gasteiger partial charge in [-0.05, 0) is 18.1 Å². The highest BCUT2D eigenvalue weighted by Gasteiger charge is 2.12. The standard InChI is InChI=1S/C15H21NO3S/c1-2-12(10-15(18)19)11-16-14(17)8-9-20-13-6-4-3-5-7-13/h3-7,12H,2,8-11H2,1H3,(H,16,17)(H,18,19). The zero-order chi connectivity index (χ0) is 14.8. The summed E-state index contributed by atoms with van der Waals surface area (Å²) in [5, 5.41) is 11.5. The van der Waals surface area contributed by atoms with Crippen molar-refractivity contribution in [2.75, 3.05) is 12.3 Å². The Hall–Kier alpha value is -1.49. The van der Waals surface area contributed by atoms with Gasteiger partial charge in [-0.2, -0.15) is 0 Å². The molecule has 0 heterocycles. The van der Waals surface area contributed by atoms with Crippen molar-refractivity contribution in [3.05, 3.63) is 30.3 Å². The van der Waals surface area contributed by atoms with Gasteiger partial charge < -0.3 is 10.4 Å². The Morgan fingerprint density at radius 2 is 2.00 bits per heavy atom. The number of aliphatic carboxylic acids is 1. The lowest BCUT2D eigenvalue weighted by Crippen LogP contribution is -2.30. The molecule has 20 heavy (non-hydrogen) atoms. The molecule has 4 nitrogen and oxygen atoms in total. The maximum Gasteiger partial charge on any atom is 0.303 e. The fourth-order valence-corrected chi connectivity index (χ4v) is 2.61. The molecule has 0 bridgehead atoms. The summed E-state index contributed by atoms with van der Waals surface area (Å²) < 4.78 is 0. The third-order valence-electron chi connectivity index (χ3n) is 2.97. The molecule has 1 unspecified atom stereocenters. The molecule has 1 amide bonds. The average molecular weight is 295 g/mol. The van der Waals surface area contributed by atoms with Gasteiger partial charge in [-0.3, -0.25) is 9.59 Å². The molecule has 0 aliphatic rings. The summed E-state index contributed by atoms with van der Waals surface area (Å²) in [5.74, 6) is -0.0906. The van der Waals surface area contributed by atoms with E-state index in [1.807, 2.05) is 37.3 Å². The van der Waals surface area contributed by atoms with E-state index in [0.29, 0.717) is 13.0 Å². The van der Waals surface area contributed by atoms with Gasteiger partial charge >= 0.3 is 5.97 Å². The van der Waals surface area contributed by atoms with Gasteiger partial charge in [-0.15, -0.1) is 11.8 Å². The molecule has 0 aliphatic heterocycles. The number of rotatable bonds is 9. The fourth-order valence-electron chi connectivity index (χ4n) is 1.73. The van der Waals surface area contributed by atoms with Gasteiger partial charge in [-0.25, -0.2) is 0 Å². The minimum absolute atomic E-state index is 0.0122. The highest BCUT2D eigenvalue weighted by Crippen LogP contribution is 2.17. The second kappa shape index (κ2) is 9.42. The van der Waals surface area contributed by atoms with E-state index >= 15 is 0 Å². The lowest BCUT2D eigenvalue weighted by molar-refractivity contribution is -0.138. The Morgan fingerprint density at radius 3 is 2.60 bits per heavy atom. The van der Waals surface area contributed by atoms with Gasteiger partial charge in [0, 0.05) is 30.0 Å². The number of nitrogens with one attached hydrogen (secondary N) is 1. The van der Waals surface area contributed by atoms with Crippen molar-refractivity contribution < 1.29 is 14.7 Å². The maximum absolute atomic E-state index is 11.7. The van der Waals surface area contributed by atoms with Crippen molar-refractivity contribution in [3.8, 4) is 0 Å². The van der Waals surface area contributed by atoms with E-state index in [1.54, 1.807) is 11.8 Å². The second-order valence-corrected chi connectivity index (χ2v) is 5.76. The van der Waals surface area contributed by atoms with Crippen LogP contribution >= 0.6 is 11.8 Å². The first-order valence-electron chi connectivity index (χ1n) is 6.78. The quantitative estimate of drug-likeness (QED) is 0.688. The van der Waals surface area contributed by atoms with Crippen LogP contribution in [0.4, 0.5) is 0 Å². The minimum atomic E-state index is -0.814. The van der Waals surface area contributed by atoms with Gasteiger partial charge in [0.1, 0.15) is 0 Å². The minimum Gasteiger partial charge on any atom is -0.481 e. The molecule has 0 fully saturated rings. The SMILES string of the molecule is CCC(CNC(=O)CCSc1ccccc1)CC(=O)O. The molecule has 2 N–H and O–H groups in total. The predicted molar refractivity (Wildman–Crippen MR) is 80.8 cm³/mol. The lowest BCUT2D eigenvalue weighted by Gasteiger charge is -2.13. The predicted octanol–water partition coefficient (Wildman–Crippen LogP) is 2.79. The first-order valence-corrected chi connectivity index (χ1v) is 7.76. The molecule has 1 atom stereocenters. The molecule has 5 heteroatoms. The second-order valence-electron chi connectivity index (χ2n) is 4.59. The number of carboxylic acid groups (broad SMARTS) is 1. The lowest BCUT2D eigenvalue weighted by atomic mass is 10.0. The number of thioether (sulfide) groups is 1. The largest absolute Gasteiger partial charge is 0.481 e. The summed E-state index contributed by atoms with van der Waals surface area (Å²) in [6.45, 7) is 2.38. The molecule has 0 saturated heterocycles. The molecule has 1 aromatic rings. The van der Waals surface area contributed by atoms with Crippen LogP contribution in [0.25, 0.3) is 0 Å². The molecule has 110 valence electrons.